The number of carboxylic acid groups (broad SMARTS) is 1. The molecule has 0 aromatic rings. The molecule has 4 aliphatic carbocycles. The van der Waals surface area contributed by atoms with Crippen LogP contribution in [0.2, 0.25) is 0 Å². The van der Waals surface area contributed by atoms with Crippen molar-refractivity contribution in [1.29, 1.82) is 0 Å². The molecule has 1 N–H and O–H groups in total. The summed E-state index contributed by atoms with van der Waals surface area (Å²) in [6.07, 6.45) is 6.20. The molecule has 4 fully saturated rings. The minimum absolute atomic E-state index is 0.0142. The molecule has 2 heteroatoms. The summed E-state index contributed by atoms with van der Waals surface area (Å²) in [5.41, 5.74) is 0. The highest BCUT2D eigenvalue weighted by Gasteiger charge is 2.54. The Morgan fingerprint density at radius 3 is 2.23 bits per heavy atom. The van der Waals surface area contributed by atoms with Gasteiger partial charge in [-0.2, -0.15) is 0 Å². The number of fused-ring (bicyclic) bond motifs is 2. The summed E-state index contributed by atoms with van der Waals surface area (Å²) in [6, 6.07) is 0. The molecule has 2 bridgehead atoms. The highest BCUT2D eigenvalue weighted by atomic mass is 16.4. The fourth-order valence-electron chi connectivity index (χ4n) is 4.08. The van der Waals surface area contributed by atoms with E-state index in [9.17, 15) is 4.79 Å². The van der Waals surface area contributed by atoms with Crippen molar-refractivity contribution in [3.8, 4) is 0 Å². The largest absolute Gasteiger partial charge is 0.481 e. The lowest BCUT2D eigenvalue weighted by atomic mass is 9.47. The number of rotatable bonds is 1. The first-order valence-corrected chi connectivity index (χ1v) is 5.50. The molecular formula is C11H16O2. The second-order valence-corrected chi connectivity index (χ2v) is 5.09. The molecule has 0 saturated heterocycles. The van der Waals surface area contributed by atoms with Gasteiger partial charge >= 0.3 is 5.97 Å². The van der Waals surface area contributed by atoms with Crippen molar-refractivity contribution >= 4 is 5.97 Å². The van der Waals surface area contributed by atoms with Crippen molar-refractivity contribution in [3.05, 3.63) is 0 Å². The minimum Gasteiger partial charge on any atom is -0.481 e. The molecule has 4 saturated carbocycles. The third kappa shape index (κ3) is 0.918. The maximum atomic E-state index is 11.0. The molecule has 0 aliphatic heterocycles. The maximum Gasteiger partial charge on any atom is 0.306 e. The lowest BCUT2D eigenvalue weighted by Gasteiger charge is -2.57. The van der Waals surface area contributed by atoms with Gasteiger partial charge in [0, 0.05) is 0 Å². The maximum absolute atomic E-state index is 11.0. The Bertz CT molecular complexity index is 246. The van der Waals surface area contributed by atoms with Crippen LogP contribution in [0, 0.1) is 29.6 Å². The quantitative estimate of drug-likeness (QED) is 0.671. The van der Waals surface area contributed by atoms with E-state index in [0.29, 0.717) is 5.92 Å². The Morgan fingerprint density at radius 2 is 1.69 bits per heavy atom. The van der Waals surface area contributed by atoms with Crippen LogP contribution >= 0.6 is 0 Å². The van der Waals surface area contributed by atoms with E-state index in [1.165, 1.54) is 25.7 Å². The van der Waals surface area contributed by atoms with Gasteiger partial charge < -0.3 is 5.11 Å². The van der Waals surface area contributed by atoms with Gasteiger partial charge in [0.2, 0.25) is 0 Å². The van der Waals surface area contributed by atoms with Crippen LogP contribution in [0.5, 0.6) is 0 Å². The van der Waals surface area contributed by atoms with E-state index in [2.05, 4.69) is 0 Å². The molecule has 72 valence electrons. The number of carbonyl (C=O) groups is 1. The Balaban J connectivity index is 1.86. The molecule has 13 heavy (non-hydrogen) atoms. The van der Waals surface area contributed by atoms with E-state index in [1.807, 2.05) is 0 Å². The summed E-state index contributed by atoms with van der Waals surface area (Å²) in [5.74, 6) is 2.52. The number of aliphatic carboxylic acids is 1. The van der Waals surface area contributed by atoms with E-state index in [1.54, 1.807) is 0 Å². The summed E-state index contributed by atoms with van der Waals surface area (Å²) in [5, 5.41) is 9.09. The third-order valence-corrected chi connectivity index (χ3v) is 4.80. The number of carboxylic acids is 1. The molecular weight excluding hydrogens is 164 g/mol. The summed E-state index contributed by atoms with van der Waals surface area (Å²) in [4.78, 5) is 11.0. The van der Waals surface area contributed by atoms with Crippen molar-refractivity contribution < 1.29 is 9.90 Å². The summed E-state index contributed by atoms with van der Waals surface area (Å²) < 4.78 is 0. The van der Waals surface area contributed by atoms with E-state index in [-0.39, 0.29) is 5.92 Å². The van der Waals surface area contributed by atoms with E-state index >= 15 is 0 Å². The smallest absolute Gasteiger partial charge is 0.306 e. The van der Waals surface area contributed by atoms with Gasteiger partial charge in [-0.1, -0.05) is 0 Å². The standard InChI is InChI=1S/C11H16O2/c12-11(13)10-5-6-1-2-9(10)8-4-3-7(6)8/h6-10H,1-5H2,(H,12,13)/t6-,7-,8+,9+,10-/m1/s1. The van der Waals surface area contributed by atoms with E-state index < -0.39 is 5.97 Å². The molecule has 0 heterocycles. The Hall–Kier alpha value is -0.530. The first kappa shape index (κ1) is 7.84. The number of hydrogen-bond donors (Lipinski definition) is 1. The zero-order valence-corrected chi connectivity index (χ0v) is 7.78. The third-order valence-electron chi connectivity index (χ3n) is 4.80. The summed E-state index contributed by atoms with van der Waals surface area (Å²) in [7, 11) is 0. The monoisotopic (exact) mass is 180 g/mol. The van der Waals surface area contributed by atoms with Gasteiger partial charge in [0.15, 0.2) is 0 Å². The molecule has 0 radical (unpaired) electrons. The van der Waals surface area contributed by atoms with Gasteiger partial charge in [0.25, 0.3) is 0 Å². The van der Waals surface area contributed by atoms with Gasteiger partial charge in [0.05, 0.1) is 5.92 Å². The molecule has 0 aromatic heterocycles. The zero-order valence-electron chi connectivity index (χ0n) is 7.78. The number of hydrogen-bond acceptors (Lipinski definition) is 1. The van der Waals surface area contributed by atoms with Crippen LogP contribution in [0.1, 0.15) is 32.1 Å². The normalized spacial score (nSPS) is 52.5. The van der Waals surface area contributed by atoms with Crippen LogP contribution in [0.15, 0.2) is 0 Å². The first-order valence-electron chi connectivity index (χ1n) is 5.50. The van der Waals surface area contributed by atoms with Gasteiger partial charge in [-0.05, 0) is 55.8 Å². The Kier molecular flexibility index (Phi) is 1.50. The van der Waals surface area contributed by atoms with Crippen molar-refractivity contribution in [2.75, 3.05) is 0 Å². The van der Waals surface area contributed by atoms with Gasteiger partial charge in [-0.25, -0.2) is 0 Å². The molecule has 0 unspecified atom stereocenters. The predicted octanol–water partition coefficient (Wildman–Crippen LogP) is 2.14. The van der Waals surface area contributed by atoms with Crippen LogP contribution in [-0.2, 0) is 4.79 Å². The SMILES string of the molecule is O=C(O)[C@@H]1C[C@H]2CC[C@H]1[C@H]1CC[C@H]21. The minimum atomic E-state index is -0.528. The average Bonchev–Trinajstić information content (AvgIpc) is 2.03. The van der Waals surface area contributed by atoms with E-state index in [4.69, 9.17) is 5.11 Å². The topological polar surface area (TPSA) is 37.3 Å². The Labute approximate surface area is 78.3 Å². The fourth-order valence-corrected chi connectivity index (χ4v) is 4.08. The highest BCUT2D eigenvalue weighted by molar-refractivity contribution is 5.70. The van der Waals surface area contributed by atoms with Crippen molar-refractivity contribution in [1.82, 2.24) is 0 Å². The van der Waals surface area contributed by atoms with Gasteiger partial charge in [0.1, 0.15) is 0 Å². The summed E-state index contributed by atoms with van der Waals surface area (Å²) >= 11 is 0. The molecule has 5 atom stereocenters. The van der Waals surface area contributed by atoms with Crippen molar-refractivity contribution in [2.24, 2.45) is 29.6 Å². The average molecular weight is 180 g/mol. The van der Waals surface area contributed by atoms with Gasteiger partial charge in [-0.15, -0.1) is 0 Å². The second-order valence-electron chi connectivity index (χ2n) is 5.09. The van der Waals surface area contributed by atoms with Crippen molar-refractivity contribution in [3.63, 3.8) is 0 Å². The van der Waals surface area contributed by atoms with Crippen LogP contribution in [0.25, 0.3) is 0 Å². The highest BCUT2D eigenvalue weighted by Crippen LogP contribution is 2.59. The van der Waals surface area contributed by atoms with Crippen molar-refractivity contribution in [2.45, 2.75) is 32.1 Å². The first-order chi connectivity index (χ1) is 6.27. The fraction of sp³-hybridized carbons (Fsp3) is 0.909. The van der Waals surface area contributed by atoms with E-state index in [0.717, 1.165) is 24.2 Å². The molecule has 4 aliphatic rings. The summed E-state index contributed by atoms with van der Waals surface area (Å²) in [6.45, 7) is 0. The lowest BCUT2D eigenvalue weighted by molar-refractivity contribution is -0.158. The van der Waals surface area contributed by atoms with Gasteiger partial charge in [-0.3, -0.25) is 4.79 Å². The second kappa shape index (κ2) is 2.49. The lowest BCUT2D eigenvalue weighted by Crippen LogP contribution is -2.52. The van der Waals surface area contributed by atoms with Crippen LogP contribution in [0.3, 0.4) is 0 Å². The Morgan fingerprint density at radius 1 is 1.00 bits per heavy atom. The van der Waals surface area contributed by atoms with Crippen LogP contribution in [0.4, 0.5) is 0 Å². The van der Waals surface area contributed by atoms with Crippen LogP contribution in [-0.4, -0.2) is 11.1 Å². The molecule has 2 nitrogen and oxygen atoms in total. The molecule has 4 rings (SSSR count). The molecule has 0 amide bonds. The zero-order chi connectivity index (χ0) is 9.00. The molecule has 0 aromatic carbocycles. The predicted molar refractivity (Wildman–Crippen MR) is 48.2 cm³/mol. The molecule has 0 spiro atoms. The van der Waals surface area contributed by atoms with Crippen LogP contribution < -0.4 is 0 Å².